The van der Waals surface area contributed by atoms with Crippen LogP contribution in [0.1, 0.15) is 62.3 Å². The first-order valence-electron chi connectivity index (χ1n) is 12.1. The van der Waals surface area contributed by atoms with Gasteiger partial charge < -0.3 is 4.98 Å². The van der Waals surface area contributed by atoms with E-state index in [-0.39, 0.29) is 17.2 Å². The van der Waals surface area contributed by atoms with E-state index in [2.05, 4.69) is 34.5 Å². The molecule has 7 heteroatoms. The summed E-state index contributed by atoms with van der Waals surface area (Å²) in [6.07, 6.45) is 3.37. The number of carbonyl (C=O) groups is 1. The van der Waals surface area contributed by atoms with Gasteiger partial charge in [0.2, 0.25) is 5.91 Å². The fraction of sp³-hybridized carbons (Fsp3) is 0.357. The van der Waals surface area contributed by atoms with Gasteiger partial charge in [-0.3, -0.25) is 4.79 Å². The topological polar surface area (TPSA) is 88.0 Å². The largest absolute Gasteiger partial charge is 0.342 e. The Morgan fingerprint density at radius 3 is 2.57 bits per heavy atom. The van der Waals surface area contributed by atoms with Crippen LogP contribution in [0.5, 0.6) is 0 Å². The summed E-state index contributed by atoms with van der Waals surface area (Å²) in [6, 6.07) is 18.1. The van der Waals surface area contributed by atoms with Crippen LogP contribution < -0.4 is 5.43 Å². The molecule has 1 fully saturated rings. The highest BCUT2D eigenvalue weighted by Crippen LogP contribution is 2.59. The molecule has 0 radical (unpaired) electrons. The Balaban J connectivity index is 1.34. The predicted octanol–water partition coefficient (Wildman–Crippen LogP) is 5.43. The van der Waals surface area contributed by atoms with Crippen molar-refractivity contribution in [3.05, 3.63) is 77.4 Å². The molecule has 1 aliphatic rings. The zero-order valence-electron chi connectivity index (χ0n) is 21.0. The molecule has 180 valence electrons. The Hall–Kier alpha value is -3.74. The fourth-order valence-corrected chi connectivity index (χ4v) is 5.46. The number of imidazole rings is 1. The predicted molar refractivity (Wildman–Crippen MR) is 139 cm³/mol. The molecule has 1 amide bonds. The van der Waals surface area contributed by atoms with Crippen molar-refractivity contribution >= 4 is 23.2 Å². The summed E-state index contributed by atoms with van der Waals surface area (Å²) < 4.78 is 1.90. The van der Waals surface area contributed by atoms with Crippen molar-refractivity contribution in [3.63, 3.8) is 0 Å². The minimum Gasteiger partial charge on any atom is -0.342 e. The Kier molecular flexibility index (Phi) is 5.58. The van der Waals surface area contributed by atoms with Gasteiger partial charge in [-0.25, -0.2) is 15.1 Å². The number of aryl methyl sites for hydroxylation is 1. The van der Waals surface area contributed by atoms with E-state index in [0.29, 0.717) is 0 Å². The van der Waals surface area contributed by atoms with Crippen LogP contribution in [0.2, 0.25) is 0 Å². The van der Waals surface area contributed by atoms with Crippen LogP contribution in [0.25, 0.3) is 16.7 Å². The highest BCUT2D eigenvalue weighted by atomic mass is 16.2. The first kappa shape index (κ1) is 23.0. The number of benzene rings is 2. The molecule has 0 aliphatic heterocycles. The lowest BCUT2D eigenvalue weighted by Crippen LogP contribution is -2.45. The van der Waals surface area contributed by atoms with Crippen molar-refractivity contribution < 1.29 is 4.79 Å². The lowest BCUT2D eigenvalue weighted by Gasteiger charge is -2.39. The normalized spacial score (nSPS) is 21.7. The van der Waals surface area contributed by atoms with Crippen molar-refractivity contribution in [2.45, 2.75) is 53.4 Å². The highest BCUT2D eigenvalue weighted by Gasteiger charge is 2.57. The molecule has 7 nitrogen and oxygen atoms in total. The van der Waals surface area contributed by atoms with E-state index in [1.54, 1.807) is 6.21 Å². The van der Waals surface area contributed by atoms with Crippen molar-refractivity contribution in [1.29, 1.82) is 0 Å². The number of hydrogen-bond donors (Lipinski definition) is 2. The van der Waals surface area contributed by atoms with Gasteiger partial charge in [0.15, 0.2) is 0 Å². The molecule has 2 atom stereocenters. The van der Waals surface area contributed by atoms with Gasteiger partial charge in [0.05, 0.1) is 39.7 Å². The van der Waals surface area contributed by atoms with Crippen LogP contribution in [-0.4, -0.2) is 31.9 Å². The van der Waals surface area contributed by atoms with Gasteiger partial charge in [0.25, 0.3) is 0 Å². The molecule has 2 aromatic heterocycles. The molecule has 2 heterocycles. The Morgan fingerprint density at radius 2 is 1.83 bits per heavy atom. The van der Waals surface area contributed by atoms with Gasteiger partial charge in [0, 0.05) is 11.5 Å². The number of H-pyrrole nitrogens is 1. The second-order valence-corrected chi connectivity index (χ2v) is 10.3. The van der Waals surface area contributed by atoms with Crippen LogP contribution >= 0.6 is 0 Å². The van der Waals surface area contributed by atoms with Crippen molar-refractivity contribution in [2.24, 2.45) is 15.9 Å². The van der Waals surface area contributed by atoms with Crippen LogP contribution in [0, 0.1) is 24.7 Å². The Bertz CT molecular complexity index is 1380. The van der Waals surface area contributed by atoms with E-state index in [1.165, 1.54) is 0 Å². The summed E-state index contributed by atoms with van der Waals surface area (Å²) in [6.45, 7) is 10.3. The minimum atomic E-state index is -0.577. The zero-order valence-corrected chi connectivity index (χ0v) is 21.0. The molecule has 0 unspecified atom stereocenters. The average molecular weight is 469 g/mol. The van der Waals surface area contributed by atoms with Crippen molar-refractivity contribution in [1.82, 2.24) is 25.2 Å². The molecule has 4 aromatic rings. The maximum Gasteiger partial charge on any atom is 0.246 e. The maximum absolute atomic E-state index is 13.4. The van der Waals surface area contributed by atoms with Crippen LogP contribution in [0.3, 0.4) is 0 Å². The first-order chi connectivity index (χ1) is 16.7. The molecule has 35 heavy (non-hydrogen) atoms. The minimum absolute atomic E-state index is 0.0666. The molecule has 0 spiro atoms. The number of aromatic nitrogens is 4. The molecule has 0 saturated heterocycles. The Morgan fingerprint density at radius 1 is 1.11 bits per heavy atom. The molecule has 2 N–H and O–H groups in total. The third-order valence-corrected chi connectivity index (χ3v) is 8.17. The molecular formula is C28H32N6O. The number of nitrogens with one attached hydrogen (secondary N) is 2. The summed E-state index contributed by atoms with van der Waals surface area (Å²) >= 11 is 0. The lowest BCUT2D eigenvalue weighted by molar-refractivity contribution is -0.135. The summed E-state index contributed by atoms with van der Waals surface area (Å²) in [5.74, 6) is 1.04. The lowest BCUT2D eigenvalue weighted by atomic mass is 9.65. The van der Waals surface area contributed by atoms with Crippen molar-refractivity contribution in [2.75, 3.05) is 0 Å². The standard InChI is InChI=1S/C28H32N6O/c1-18-21(19(2)34(33-18)20-11-7-6-8-12-20)17-29-32-26(35)28(5)16-15-22(27(28,3)4)25-30-23-13-9-10-14-24(23)31-25/h6-14,17,22H,15-16H2,1-5H3,(H,30,31)(H,32,35)/b29-17-/t22-,28-/m1/s1. The second-order valence-electron chi connectivity index (χ2n) is 10.3. The maximum atomic E-state index is 13.4. The average Bonchev–Trinajstić information content (AvgIpc) is 3.47. The van der Waals surface area contributed by atoms with Gasteiger partial charge in [-0.2, -0.15) is 10.2 Å². The number of hydrogen-bond acceptors (Lipinski definition) is 4. The van der Waals surface area contributed by atoms with E-state index in [1.807, 2.05) is 80.1 Å². The number of para-hydroxylation sites is 3. The van der Waals surface area contributed by atoms with E-state index in [9.17, 15) is 4.79 Å². The van der Waals surface area contributed by atoms with Gasteiger partial charge in [-0.1, -0.05) is 51.1 Å². The van der Waals surface area contributed by atoms with Gasteiger partial charge in [-0.15, -0.1) is 0 Å². The summed E-state index contributed by atoms with van der Waals surface area (Å²) in [5, 5.41) is 9.01. The Labute approximate surface area is 205 Å². The van der Waals surface area contributed by atoms with Gasteiger partial charge in [0.1, 0.15) is 5.82 Å². The number of fused-ring (bicyclic) bond motifs is 1. The van der Waals surface area contributed by atoms with Gasteiger partial charge in [-0.05, 0) is 56.4 Å². The number of rotatable bonds is 5. The number of carbonyl (C=O) groups excluding carboxylic acids is 1. The van der Waals surface area contributed by atoms with Crippen LogP contribution in [-0.2, 0) is 4.79 Å². The van der Waals surface area contributed by atoms with Crippen molar-refractivity contribution in [3.8, 4) is 5.69 Å². The number of amides is 1. The summed E-state index contributed by atoms with van der Waals surface area (Å²) in [7, 11) is 0. The van der Waals surface area contributed by atoms with E-state index < -0.39 is 5.41 Å². The molecule has 5 rings (SSSR count). The number of nitrogens with zero attached hydrogens (tertiary/aromatic N) is 4. The number of aromatic amines is 1. The van der Waals surface area contributed by atoms with Crippen LogP contribution in [0.4, 0.5) is 0 Å². The fourth-order valence-electron chi connectivity index (χ4n) is 5.46. The smallest absolute Gasteiger partial charge is 0.246 e. The third kappa shape index (κ3) is 3.75. The summed E-state index contributed by atoms with van der Waals surface area (Å²) in [5.41, 5.74) is 7.69. The molecular weight excluding hydrogens is 436 g/mol. The molecule has 2 aromatic carbocycles. The van der Waals surface area contributed by atoms with E-state index in [0.717, 1.165) is 52.3 Å². The second kappa shape index (κ2) is 8.48. The highest BCUT2D eigenvalue weighted by molar-refractivity contribution is 5.87. The first-order valence-corrected chi connectivity index (χ1v) is 12.1. The van der Waals surface area contributed by atoms with Crippen LogP contribution in [0.15, 0.2) is 59.7 Å². The van der Waals surface area contributed by atoms with E-state index >= 15 is 0 Å². The molecule has 1 saturated carbocycles. The zero-order chi connectivity index (χ0) is 24.8. The van der Waals surface area contributed by atoms with Gasteiger partial charge >= 0.3 is 0 Å². The summed E-state index contributed by atoms with van der Waals surface area (Å²) in [4.78, 5) is 21.8. The monoisotopic (exact) mass is 468 g/mol. The quantitative estimate of drug-likeness (QED) is 0.303. The van der Waals surface area contributed by atoms with E-state index in [4.69, 9.17) is 4.98 Å². The molecule has 1 aliphatic carbocycles. The number of hydrazone groups is 1. The third-order valence-electron chi connectivity index (χ3n) is 8.17. The SMILES string of the molecule is Cc1nn(-c2ccccc2)c(C)c1/C=N\NC(=O)[C@@]1(C)CC[C@H](c2nc3ccccc3[nH]2)C1(C)C. The molecule has 0 bridgehead atoms.